The van der Waals surface area contributed by atoms with Gasteiger partial charge in [0.15, 0.2) is 0 Å². The smallest absolute Gasteiger partial charge is 0.119 e. The third kappa shape index (κ3) is 5.01. The van der Waals surface area contributed by atoms with Crippen molar-refractivity contribution in [3.63, 3.8) is 0 Å². The van der Waals surface area contributed by atoms with Crippen LogP contribution in [-0.4, -0.2) is 11.9 Å². The van der Waals surface area contributed by atoms with Crippen LogP contribution < -0.4 is 4.74 Å². The van der Waals surface area contributed by atoms with Gasteiger partial charge in [0.1, 0.15) is 5.75 Å². The van der Waals surface area contributed by atoms with Crippen LogP contribution in [0.5, 0.6) is 5.75 Å². The molecule has 0 saturated carbocycles. The summed E-state index contributed by atoms with van der Waals surface area (Å²) in [5.74, 6) is 1.74. The second-order valence-electron chi connectivity index (χ2n) is 4.91. The van der Waals surface area contributed by atoms with Gasteiger partial charge in [0.25, 0.3) is 0 Å². The number of ether oxygens (including phenoxy) is 1. The molecule has 0 fully saturated rings. The molecule has 1 aromatic carbocycles. The summed E-state index contributed by atoms with van der Waals surface area (Å²) < 4.78 is 5.28. The molecule has 1 unspecified atom stereocenters. The zero-order valence-electron chi connectivity index (χ0n) is 11.8. The van der Waals surface area contributed by atoms with E-state index in [1.807, 2.05) is 6.07 Å². The van der Waals surface area contributed by atoms with E-state index in [1.165, 1.54) is 31.2 Å². The van der Waals surface area contributed by atoms with Crippen molar-refractivity contribution in [3.05, 3.63) is 29.8 Å². The summed E-state index contributed by atoms with van der Waals surface area (Å²) in [5, 5.41) is 0. The van der Waals surface area contributed by atoms with Crippen LogP contribution in [0.15, 0.2) is 24.3 Å². The number of methoxy groups -OCH3 is 1. The highest BCUT2D eigenvalue weighted by Crippen LogP contribution is 2.27. The van der Waals surface area contributed by atoms with Crippen molar-refractivity contribution in [1.29, 1.82) is 0 Å². The SMILES string of the molecule is CCCC(CCC)C(Br)Cc1cccc(OC)c1. The van der Waals surface area contributed by atoms with E-state index < -0.39 is 0 Å². The molecule has 0 N–H and O–H groups in total. The Hall–Kier alpha value is -0.500. The largest absolute Gasteiger partial charge is 0.497 e. The van der Waals surface area contributed by atoms with Gasteiger partial charge in [0.05, 0.1) is 7.11 Å². The minimum Gasteiger partial charge on any atom is -0.497 e. The van der Waals surface area contributed by atoms with Crippen LogP contribution in [0.1, 0.15) is 45.1 Å². The fraction of sp³-hybridized carbons (Fsp3) is 0.625. The van der Waals surface area contributed by atoms with Crippen molar-refractivity contribution < 1.29 is 4.74 Å². The molecule has 2 heteroatoms. The Morgan fingerprint density at radius 2 is 1.83 bits per heavy atom. The lowest BCUT2D eigenvalue weighted by Crippen LogP contribution is -2.17. The highest BCUT2D eigenvalue weighted by Gasteiger charge is 2.17. The third-order valence-corrected chi connectivity index (χ3v) is 4.47. The molecule has 18 heavy (non-hydrogen) atoms. The lowest BCUT2D eigenvalue weighted by molar-refractivity contribution is 0.412. The molecule has 1 rings (SSSR count). The van der Waals surface area contributed by atoms with Crippen LogP contribution in [-0.2, 0) is 6.42 Å². The predicted octanol–water partition coefficient (Wildman–Crippen LogP) is 5.22. The fourth-order valence-corrected chi connectivity index (χ4v) is 3.34. The Kier molecular flexibility index (Phi) is 7.41. The topological polar surface area (TPSA) is 9.23 Å². The molecular weight excluding hydrogens is 288 g/mol. The fourth-order valence-electron chi connectivity index (χ4n) is 2.44. The first-order valence-corrected chi connectivity index (χ1v) is 7.89. The number of hydrogen-bond donors (Lipinski definition) is 0. The molecule has 0 saturated heterocycles. The van der Waals surface area contributed by atoms with Gasteiger partial charge in [-0.3, -0.25) is 0 Å². The second kappa shape index (κ2) is 8.58. The standard InChI is InChI=1S/C16H25BrO/c1-4-7-14(8-5-2)16(17)12-13-9-6-10-15(11-13)18-3/h6,9-11,14,16H,4-5,7-8,12H2,1-3H3. The van der Waals surface area contributed by atoms with Crippen molar-refractivity contribution >= 4 is 15.9 Å². The summed E-state index contributed by atoms with van der Waals surface area (Å²) in [4.78, 5) is 0.574. The second-order valence-corrected chi connectivity index (χ2v) is 6.09. The first-order chi connectivity index (χ1) is 8.71. The van der Waals surface area contributed by atoms with Crippen LogP contribution in [0.2, 0.25) is 0 Å². The van der Waals surface area contributed by atoms with E-state index in [0.717, 1.165) is 18.1 Å². The molecule has 0 aromatic heterocycles. The molecule has 1 atom stereocenters. The van der Waals surface area contributed by atoms with Gasteiger partial charge in [-0.2, -0.15) is 0 Å². The van der Waals surface area contributed by atoms with Crippen molar-refractivity contribution in [3.8, 4) is 5.75 Å². The minimum atomic E-state index is 0.574. The zero-order chi connectivity index (χ0) is 13.4. The van der Waals surface area contributed by atoms with Gasteiger partial charge in [-0.15, -0.1) is 0 Å². The number of halogens is 1. The van der Waals surface area contributed by atoms with Crippen molar-refractivity contribution in [1.82, 2.24) is 0 Å². The predicted molar refractivity (Wildman–Crippen MR) is 82.7 cm³/mol. The monoisotopic (exact) mass is 312 g/mol. The van der Waals surface area contributed by atoms with Gasteiger partial charge in [0.2, 0.25) is 0 Å². The Morgan fingerprint density at radius 1 is 1.17 bits per heavy atom. The lowest BCUT2D eigenvalue weighted by Gasteiger charge is -2.22. The maximum Gasteiger partial charge on any atom is 0.119 e. The maximum atomic E-state index is 5.28. The molecule has 0 heterocycles. The van der Waals surface area contributed by atoms with E-state index in [4.69, 9.17) is 4.74 Å². The number of rotatable bonds is 8. The highest BCUT2D eigenvalue weighted by molar-refractivity contribution is 9.09. The molecular formula is C16H25BrO. The van der Waals surface area contributed by atoms with Gasteiger partial charge in [-0.1, -0.05) is 54.8 Å². The molecule has 0 aliphatic heterocycles. The van der Waals surface area contributed by atoms with Gasteiger partial charge in [-0.05, 0) is 42.9 Å². The summed E-state index contributed by atoms with van der Waals surface area (Å²) in [6.45, 7) is 4.54. The Labute approximate surface area is 120 Å². The summed E-state index contributed by atoms with van der Waals surface area (Å²) in [5.41, 5.74) is 1.36. The number of alkyl halides is 1. The van der Waals surface area contributed by atoms with Gasteiger partial charge in [-0.25, -0.2) is 0 Å². The zero-order valence-corrected chi connectivity index (χ0v) is 13.4. The van der Waals surface area contributed by atoms with Crippen molar-refractivity contribution in [2.45, 2.75) is 50.8 Å². The highest BCUT2D eigenvalue weighted by atomic mass is 79.9. The van der Waals surface area contributed by atoms with Crippen LogP contribution in [0, 0.1) is 5.92 Å². The molecule has 1 nitrogen and oxygen atoms in total. The Balaban J connectivity index is 2.62. The molecule has 0 bridgehead atoms. The quantitative estimate of drug-likeness (QED) is 0.598. The minimum absolute atomic E-state index is 0.574. The number of benzene rings is 1. The maximum absolute atomic E-state index is 5.28. The normalized spacial score (nSPS) is 12.7. The van der Waals surface area contributed by atoms with Gasteiger partial charge in [0, 0.05) is 4.83 Å². The van der Waals surface area contributed by atoms with Crippen molar-refractivity contribution in [2.75, 3.05) is 7.11 Å². The van der Waals surface area contributed by atoms with Crippen LogP contribution in [0.25, 0.3) is 0 Å². The van der Waals surface area contributed by atoms with E-state index in [2.05, 4.69) is 48.0 Å². The number of hydrogen-bond acceptors (Lipinski definition) is 1. The average Bonchev–Trinajstić information content (AvgIpc) is 2.38. The first kappa shape index (κ1) is 15.6. The molecule has 0 spiro atoms. The van der Waals surface area contributed by atoms with Gasteiger partial charge < -0.3 is 4.74 Å². The van der Waals surface area contributed by atoms with E-state index in [-0.39, 0.29) is 0 Å². The molecule has 102 valence electrons. The van der Waals surface area contributed by atoms with Crippen molar-refractivity contribution in [2.24, 2.45) is 5.92 Å². The molecule has 0 radical (unpaired) electrons. The third-order valence-electron chi connectivity index (χ3n) is 3.40. The molecule has 1 aromatic rings. The van der Waals surface area contributed by atoms with Crippen LogP contribution >= 0.6 is 15.9 Å². The summed E-state index contributed by atoms with van der Waals surface area (Å²) in [6, 6.07) is 8.40. The average molecular weight is 313 g/mol. The summed E-state index contributed by atoms with van der Waals surface area (Å²) in [6.07, 6.45) is 6.25. The van der Waals surface area contributed by atoms with Gasteiger partial charge >= 0.3 is 0 Å². The molecule has 0 aliphatic carbocycles. The summed E-state index contributed by atoms with van der Waals surface area (Å²) in [7, 11) is 1.72. The van der Waals surface area contributed by atoms with Crippen LogP contribution in [0.4, 0.5) is 0 Å². The van der Waals surface area contributed by atoms with Crippen LogP contribution in [0.3, 0.4) is 0 Å². The summed E-state index contributed by atoms with van der Waals surface area (Å²) >= 11 is 3.89. The Bertz CT molecular complexity index is 332. The molecule has 0 aliphatic rings. The van der Waals surface area contributed by atoms with E-state index in [9.17, 15) is 0 Å². The molecule has 0 amide bonds. The van der Waals surface area contributed by atoms with E-state index in [1.54, 1.807) is 7.11 Å². The lowest BCUT2D eigenvalue weighted by atomic mass is 9.91. The van der Waals surface area contributed by atoms with E-state index in [0.29, 0.717) is 4.83 Å². The first-order valence-electron chi connectivity index (χ1n) is 6.98. The van der Waals surface area contributed by atoms with E-state index >= 15 is 0 Å². The Morgan fingerprint density at radius 3 is 2.39 bits per heavy atom.